The number of carbonyl (C=O) groups is 1. The Kier molecular flexibility index (Phi) is 4.14. The number of carbonyl (C=O) groups excluding carboxylic acids is 1. The molecular formula is C12H8Cl3N3O. The summed E-state index contributed by atoms with van der Waals surface area (Å²) in [5, 5.41) is 3.68. The molecule has 0 saturated carbocycles. The third-order valence-electron chi connectivity index (χ3n) is 2.24. The minimum Gasteiger partial charge on any atom is -0.384 e. The number of hydrogen-bond donors (Lipinski definition) is 2. The number of nitrogen functional groups attached to an aromatic ring is 1. The maximum atomic E-state index is 12.0. The molecule has 1 aromatic carbocycles. The second-order valence-electron chi connectivity index (χ2n) is 3.70. The highest BCUT2D eigenvalue weighted by atomic mass is 35.5. The predicted molar refractivity (Wildman–Crippen MR) is 78.1 cm³/mol. The lowest BCUT2D eigenvalue weighted by Crippen LogP contribution is -2.13. The number of amides is 1. The first kappa shape index (κ1) is 13.9. The Morgan fingerprint density at radius 1 is 1.11 bits per heavy atom. The number of nitrogens with one attached hydrogen (secondary N) is 1. The molecule has 19 heavy (non-hydrogen) atoms. The van der Waals surface area contributed by atoms with Crippen molar-refractivity contribution in [3.05, 3.63) is 51.1 Å². The molecule has 0 atom stereocenters. The number of rotatable bonds is 2. The van der Waals surface area contributed by atoms with Crippen molar-refractivity contribution < 1.29 is 4.79 Å². The average molecular weight is 317 g/mol. The van der Waals surface area contributed by atoms with E-state index in [1.807, 2.05) is 0 Å². The Balaban J connectivity index is 2.28. The number of hydrogen-bond acceptors (Lipinski definition) is 3. The van der Waals surface area contributed by atoms with E-state index in [9.17, 15) is 4.79 Å². The van der Waals surface area contributed by atoms with Crippen molar-refractivity contribution in [2.45, 2.75) is 0 Å². The lowest BCUT2D eigenvalue weighted by molar-refractivity contribution is 0.102. The van der Waals surface area contributed by atoms with Gasteiger partial charge in [0.15, 0.2) is 0 Å². The minimum absolute atomic E-state index is 0.207. The average Bonchev–Trinajstić information content (AvgIpc) is 2.30. The van der Waals surface area contributed by atoms with Crippen LogP contribution in [0.4, 0.5) is 11.5 Å². The third-order valence-corrected chi connectivity index (χ3v) is 2.98. The Morgan fingerprint density at radius 2 is 1.74 bits per heavy atom. The summed E-state index contributed by atoms with van der Waals surface area (Å²) in [5.74, 6) is -0.212. The molecule has 0 fully saturated rings. The summed E-state index contributed by atoms with van der Waals surface area (Å²) in [5.41, 5.74) is 6.21. The highest BCUT2D eigenvalue weighted by Crippen LogP contribution is 2.24. The van der Waals surface area contributed by atoms with E-state index in [4.69, 9.17) is 40.5 Å². The molecule has 4 nitrogen and oxygen atoms in total. The van der Waals surface area contributed by atoms with Crippen molar-refractivity contribution in [2.75, 3.05) is 11.1 Å². The SMILES string of the molecule is Nc1cc(C(=O)Nc2cc(Cl)cc(Cl)c2)c(Cl)cn1. The van der Waals surface area contributed by atoms with Gasteiger partial charge in [0.2, 0.25) is 0 Å². The molecule has 0 aliphatic rings. The zero-order valence-electron chi connectivity index (χ0n) is 9.45. The largest absolute Gasteiger partial charge is 0.384 e. The number of pyridine rings is 1. The first-order valence-corrected chi connectivity index (χ1v) is 6.27. The molecule has 2 aromatic rings. The monoisotopic (exact) mass is 315 g/mol. The van der Waals surface area contributed by atoms with E-state index in [2.05, 4.69) is 10.3 Å². The molecule has 0 aliphatic carbocycles. The summed E-state index contributed by atoms with van der Waals surface area (Å²) < 4.78 is 0. The zero-order valence-corrected chi connectivity index (χ0v) is 11.7. The molecule has 2 rings (SSSR count). The van der Waals surface area contributed by atoms with E-state index in [1.54, 1.807) is 18.2 Å². The fourth-order valence-electron chi connectivity index (χ4n) is 1.45. The molecule has 1 amide bonds. The number of anilines is 2. The topological polar surface area (TPSA) is 68.0 Å². The molecule has 0 aliphatic heterocycles. The van der Waals surface area contributed by atoms with Gasteiger partial charge in [-0.25, -0.2) is 4.98 Å². The van der Waals surface area contributed by atoms with E-state index in [0.717, 1.165) is 0 Å². The van der Waals surface area contributed by atoms with Gasteiger partial charge in [-0.2, -0.15) is 0 Å². The molecule has 0 bridgehead atoms. The van der Waals surface area contributed by atoms with Gasteiger partial charge in [-0.15, -0.1) is 0 Å². The second kappa shape index (κ2) is 5.65. The highest BCUT2D eigenvalue weighted by Gasteiger charge is 2.12. The standard InChI is InChI=1S/C12H8Cl3N3O/c13-6-1-7(14)3-8(2-6)18-12(19)9-4-11(16)17-5-10(9)15/h1-5H,(H2,16,17)(H,18,19). The summed E-state index contributed by atoms with van der Waals surface area (Å²) in [6.07, 6.45) is 1.32. The van der Waals surface area contributed by atoms with Gasteiger partial charge in [-0.1, -0.05) is 34.8 Å². The van der Waals surface area contributed by atoms with Crippen LogP contribution < -0.4 is 11.1 Å². The number of nitrogens with two attached hydrogens (primary N) is 1. The van der Waals surface area contributed by atoms with Crippen molar-refractivity contribution in [1.29, 1.82) is 0 Å². The van der Waals surface area contributed by atoms with Gasteiger partial charge < -0.3 is 11.1 Å². The van der Waals surface area contributed by atoms with Crippen LogP contribution in [0.3, 0.4) is 0 Å². The normalized spacial score (nSPS) is 10.3. The fourth-order valence-corrected chi connectivity index (χ4v) is 2.17. The van der Waals surface area contributed by atoms with Crippen LogP contribution in [-0.4, -0.2) is 10.9 Å². The van der Waals surface area contributed by atoms with Crippen LogP contribution in [0.25, 0.3) is 0 Å². The van der Waals surface area contributed by atoms with Gasteiger partial charge in [0.05, 0.1) is 10.6 Å². The maximum absolute atomic E-state index is 12.0. The number of halogens is 3. The van der Waals surface area contributed by atoms with Crippen LogP contribution in [0, 0.1) is 0 Å². The van der Waals surface area contributed by atoms with Crippen molar-refractivity contribution >= 4 is 52.2 Å². The Bertz CT molecular complexity index is 626. The van der Waals surface area contributed by atoms with E-state index in [1.165, 1.54) is 12.3 Å². The van der Waals surface area contributed by atoms with Crippen LogP contribution in [0.5, 0.6) is 0 Å². The van der Waals surface area contributed by atoms with E-state index < -0.39 is 5.91 Å². The van der Waals surface area contributed by atoms with Crippen molar-refractivity contribution in [3.63, 3.8) is 0 Å². The van der Waals surface area contributed by atoms with Gasteiger partial charge in [-0.3, -0.25) is 4.79 Å². The lowest BCUT2D eigenvalue weighted by atomic mass is 10.2. The van der Waals surface area contributed by atoms with E-state index in [0.29, 0.717) is 15.7 Å². The van der Waals surface area contributed by atoms with Gasteiger partial charge in [-0.05, 0) is 24.3 Å². The Labute approximate surface area is 124 Å². The molecule has 7 heteroatoms. The van der Waals surface area contributed by atoms with Gasteiger partial charge in [0.1, 0.15) is 5.82 Å². The number of aromatic nitrogens is 1. The predicted octanol–water partition coefficient (Wildman–Crippen LogP) is 3.88. The zero-order chi connectivity index (χ0) is 14.0. The molecular weight excluding hydrogens is 309 g/mol. The van der Waals surface area contributed by atoms with Crippen LogP contribution in [0.2, 0.25) is 15.1 Å². The molecule has 1 heterocycles. The van der Waals surface area contributed by atoms with Crippen LogP contribution in [0.1, 0.15) is 10.4 Å². The Hall–Kier alpha value is -1.49. The molecule has 1 aromatic heterocycles. The summed E-state index contributed by atoms with van der Waals surface area (Å²) in [4.78, 5) is 15.8. The van der Waals surface area contributed by atoms with Crippen LogP contribution >= 0.6 is 34.8 Å². The summed E-state index contributed by atoms with van der Waals surface area (Å²) >= 11 is 17.6. The molecule has 0 saturated heterocycles. The summed E-state index contributed by atoms with van der Waals surface area (Å²) in [7, 11) is 0. The quantitative estimate of drug-likeness (QED) is 0.883. The molecule has 0 radical (unpaired) electrons. The summed E-state index contributed by atoms with van der Waals surface area (Å²) in [6, 6.07) is 6.10. The van der Waals surface area contributed by atoms with Crippen molar-refractivity contribution in [2.24, 2.45) is 0 Å². The van der Waals surface area contributed by atoms with E-state index >= 15 is 0 Å². The molecule has 0 unspecified atom stereocenters. The first-order chi connectivity index (χ1) is 8.95. The van der Waals surface area contributed by atoms with Crippen LogP contribution in [-0.2, 0) is 0 Å². The number of benzene rings is 1. The van der Waals surface area contributed by atoms with E-state index in [-0.39, 0.29) is 16.4 Å². The van der Waals surface area contributed by atoms with Gasteiger partial charge in [0, 0.05) is 21.9 Å². The Morgan fingerprint density at radius 3 is 2.37 bits per heavy atom. The number of nitrogens with zero attached hydrogens (tertiary/aromatic N) is 1. The second-order valence-corrected chi connectivity index (χ2v) is 4.98. The smallest absolute Gasteiger partial charge is 0.257 e. The maximum Gasteiger partial charge on any atom is 0.257 e. The van der Waals surface area contributed by atoms with Crippen molar-refractivity contribution in [1.82, 2.24) is 4.98 Å². The molecule has 3 N–H and O–H groups in total. The third kappa shape index (κ3) is 3.50. The fraction of sp³-hybridized carbons (Fsp3) is 0. The highest BCUT2D eigenvalue weighted by molar-refractivity contribution is 6.36. The summed E-state index contributed by atoms with van der Waals surface area (Å²) in [6.45, 7) is 0. The molecule has 98 valence electrons. The van der Waals surface area contributed by atoms with Gasteiger partial charge in [0.25, 0.3) is 5.91 Å². The lowest BCUT2D eigenvalue weighted by Gasteiger charge is -2.08. The molecule has 0 spiro atoms. The first-order valence-electron chi connectivity index (χ1n) is 5.14. The minimum atomic E-state index is -0.419. The van der Waals surface area contributed by atoms with Gasteiger partial charge >= 0.3 is 0 Å². The van der Waals surface area contributed by atoms with Crippen molar-refractivity contribution in [3.8, 4) is 0 Å². The van der Waals surface area contributed by atoms with Crippen LogP contribution in [0.15, 0.2) is 30.5 Å².